The molecule has 1 saturated heterocycles. The summed E-state index contributed by atoms with van der Waals surface area (Å²) < 4.78 is 13.8. The fraction of sp³-hybridized carbons (Fsp3) is 0.375. The van der Waals surface area contributed by atoms with E-state index in [1.807, 2.05) is 49.1 Å². The van der Waals surface area contributed by atoms with Gasteiger partial charge in [-0.2, -0.15) is 5.10 Å². The van der Waals surface area contributed by atoms with E-state index in [1.54, 1.807) is 23.8 Å². The predicted octanol–water partition coefficient (Wildman–Crippen LogP) is 2.86. The molecule has 172 valence electrons. The molecule has 0 unspecified atom stereocenters. The van der Waals surface area contributed by atoms with Crippen molar-refractivity contribution in [3.05, 3.63) is 58.8 Å². The van der Waals surface area contributed by atoms with Crippen LogP contribution in [0, 0.1) is 6.92 Å². The zero-order chi connectivity index (χ0) is 23.1. The summed E-state index contributed by atoms with van der Waals surface area (Å²) in [7, 11) is 1.65. The first-order valence-corrected chi connectivity index (χ1v) is 11.2. The number of anilines is 1. The number of hydrogen-bond donors (Lipinski definition) is 0. The van der Waals surface area contributed by atoms with Crippen molar-refractivity contribution < 1.29 is 13.9 Å². The van der Waals surface area contributed by atoms with E-state index in [9.17, 15) is 9.59 Å². The third-order valence-corrected chi connectivity index (χ3v) is 6.42. The maximum Gasteiger partial charge on any atom is 0.291 e. The van der Waals surface area contributed by atoms with Gasteiger partial charge in [0.25, 0.3) is 5.56 Å². The number of nitrogens with zero attached hydrogens (tertiary/aromatic N) is 5. The van der Waals surface area contributed by atoms with Gasteiger partial charge < -0.3 is 19.0 Å². The van der Waals surface area contributed by atoms with Gasteiger partial charge in [-0.1, -0.05) is 6.92 Å². The fourth-order valence-corrected chi connectivity index (χ4v) is 4.65. The molecular weight excluding hydrogens is 422 g/mol. The van der Waals surface area contributed by atoms with E-state index in [4.69, 9.17) is 9.15 Å². The third kappa shape index (κ3) is 3.53. The summed E-state index contributed by atoms with van der Waals surface area (Å²) in [6.45, 7) is 6.38. The third-order valence-electron chi connectivity index (χ3n) is 6.42. The van der Waals surface area contributed by atoms with Crippen LogP contribution in [0.1, 0.15) is 25.2 Å². The Bertz CT molecular complexity index is 1360. The van der Waals surface area contributed by atoms with Crippen LogP contribution in [0.3, 0.4) is 0 Å². The average molecular weight is 450 g/mol. The Hall–Kier alpha value is -3.75. The van der Waals surface area contributed by atoms with Crippen LogP contribution in [0.25, 0.3) is 16.6 Å². The second-order valence-electron chi connectivity index (χ2n) is 8.27. The fourth-order valence-electron chi connectivity index (χ4n) is 4.65. The zero-order valence-electron chi connectivity index (χ0n) is 19.0. The van der Waals surface area contributed by atoms with Gasteiger partial charge in [0.15, 0.2) is 5.58 Å². The molecule has 3 aromatic heterocycles. The molecule has 4 aromatic rings. The summed E-state index contributed by atoms with van der Waals surface area (Å²) in [6.07, 6.45) is 2.07. The number of aryl methyl sites for hydroxylation is 1. The number of rotatable bonds is 5. The van der Waals surface area contributed by atoms with E-state index in [0.29, 0.717) is 36.4 Å². The molecule has 0 bridgehead atoms. The van der Waals surface area contributed by atoms with Crippen LogP contribution in [0.2, 0.25) is 0 Å². The van der Waals surface area contributed by atoms with Crippen molar-refractivity contribution in [1.29, 1.82) is 0 Å². The number of amides is 1. The Morgan fingerprint density at radius 1 is 1.12 bits per heavy atom. The molecule has 0 N–H and O–H groups in total. The summed E-state index contributed by atoms with van der Waals surface area (Å²) in [4.78, 5) is 30.8. The highest BCUT2D eigenvalue weighted by Gasteiger charge is 2.30. The Balaban J connectivity index is 1.37. The van der Waals surface area contributed by atoms with Gasteiger partial charge in [-0.3, -0.25) is 14.0 Å². The number of hydrogen-bond acceptors (Lipinski definition) is 6. The van der Waals surface area contributed by atoms with Crippen LogP contribution in [-0.4, -0.2) is 58.3 Å². The van der Waals surface area contributed by atoms with Gasteiger partial charge in [0, 0.05) is 44.0 Å². The smallest absolute Gasteiger partial charge is 0.291 e. The second-order valence-corrected chi connectivity index (χ2v) is 8.27. The lowest BCUT2D eigenvalue weighted by Gasteiger charge is -2.37. The molecule has 0 spiro atoms. The highest BCUT2D eigenvalue weighted by Crippen LogP contribution is 2.23. The SMILES string of the molecule is CC[C@@H](C(=O)N1CCN(c2ccc(OC)cc2)CC1)n1nc(C)n2c(cc3occc32)c1=O. The molecule has 33 heavy (non-hydrogen) atoms. The molecule has 0 aliphatic carbocycles. The summed E-state index contributed by atoms with van der Waals surface area (Å²) in [5.74, 6) is 1.39. The molecule has 5 rings (SSSR count). The lowest BCUT2D eigenvalue weighted by Crippen LogP contribution is -2.51. The molecule has 9 nitrogen and oxygen atoms in total. The Kier molecular flexibility index (Phi) is 5.32. The Morgan fingerprint density at radius 3 is 2.52 bits per heavy atom. The van der Waals surface area contributed by atoms with Crippen LogP contribution in [0.15, 0.2) is 51.9 Å². The number of ether oxygens (including phenoxy) is 1. The first kappa shape index (κ1) is 21.1. The predicted molar refractivity (Wildman–Crippen MR) is 125 cm³/mol. The van der Waals surface area contributed by atoms with Crippen molar-refractivity contribution in [2.45, 2.75) is 26.3 Å². The molecule has 0 radical (unpaired) electrons. The zero-order valence-corrected chi connectivity index (χ0v) is 19.0. The quantitative estimate of drug-likeness (QED) is 0.466. The minimum atomic E-state index is -0.644. The summed E-state index contributed by atoms with van der Waals surface area (Å²) in [5.41, 5.74) is 2.71. The van der Waals surface area contributed by atoms with Gasteiger partial charge in [-0.05, 0) is 37.6 Å². The molecule has 1 aliphatic heterocycles. The van der Waals surface area contributed by atoms with Crippen LogP contribution < -0.4 is 15.2 Å². The lowest BCUT2D eigenvalue weighted by molar-refractivity contribution is -0.135. The van der Waals surface area contributed by atoms with E-state index < -0.39 is 6.04 Å². The van der Waals surface area contributed by atoms with Crippen molar-refractivity contribution in [2.24, 2.45) is 0 Å². The van der Waals surface area contributed by atoms with Gasteiger partial charge in [0.05, 0.1) is 18.9 Å². The summed E-state index contributed by atoms with van der Waals surface area (Å²) >= 11 is 0. The number of methoxy groups -OCH3 is 1. The number of carbonyl (C=O) groups excluding carboxylic acids is 1. The second kappa shape index (κ2) is 8.31. The normalized spacial score (nSPS) is 15.4. The van der Waals surface area contributed by atoms with Crippen LogP contribution in [0.5, 0.6) is 5.75 Å². The maximum atomic E-state index is 13.4. The van der Waals surface area contributed by atoms with Crippen molar-refractivity contribution in [2.75, 3.05) is 38.2 Å². The lowest BCUT2D eigenvalue weighted by atomic mass is 10.1. The molecule has 1 aromatic carbocycles. The molecule has 1 fully saturated rings. The monoisotopic (exact) mass is 449 g/mol. The molecule has 0 saturated carbocycles. The largest absolute Gasteiger partial charge is 0.497 e. The number of fused-ring (bicyclic) bond motifs is 3. The van der Waals surface area contributed by atoms with Crippen molar-refractivity contribution in [3.63, 3.8) is 0 Å². The van der Waals surface area contributed by atoms with Crippen LogP contribution in [0.4, 0.5) is 5.69 Å². The number of benzene rings is 1. The summed E-state index contributed by atoms with van der Waals surface area (Å²) in [5, 5.41) is 4.52. The van der Waals surface area contributed by atoms with Gasteiger partial charge in [0.2, 0.25) is 5.91 Å². The topological polar surface area (TPSA) is 85.2 Å². The number of piperazine rings is 1. The van der Waals surface area contributed by atoms with Crippen molar-refractivity contribution in [3.8, 4) is 5.75 Å². The van der Waals surface area contributed by atoms with Gasteiger partial charge >= 0.3 is 0 Å². The van der Waals surface area contributed by atoms with Gasteiger partial charge in [-0.15, -0.1) is 0 Å². The van der Waals surface area contributed by atoms with E-state index in [0.717, 1.165) is 30.0 Å². The molecule has 1 amide bonds. The molecule has 1 atom stereocenters. The Morgan fingerprint density at radius 2 is 1.85 bits per heavy atom. The van der Waals surface area contributed by atoms with E-state index in [1.165, 1.54) is 4.68 Å². The highest BCUT2D eigenvalue weighted by atomic mass is 16.5. The van der Waals surface area contributed by atoms with Gasteiger partial charge in [0.1, 0.15) is 23.1 Å². The standard InChI is InChI=1S/C24H27N5O4/c1-4-19(29-24(31)21-15-22-20(9-14-33-22)28(21)16(2)25-29)23(30)27-12-10-26(11-13-27)17-5-7-18(32-3)8-6-17/h5-9,14-15,19H,4,10-13H2,1-3H3/t19-/m0/s1. The molecule has 1 aliphatic rings. The molecular formula is C24H27N5O4. The Labute approximate surface area is 190 Å². The number of furan rings is 1. The van der Waals surface area contributed by atoms with E-state index in [2.05, 4.69) is 10.00 Å². The van der Waals surface area contributed by atoms with Crippen LogP contribution >= 0.6 is 0 Å². The van der Waals surface area contributed by atoms with Crippen molar-refractivity contribution >= 4 is 28.2 Å². The molecule has 9 heteroatoms. The van der Waals surface area contributed by atoms with Crippen molar-refractivity contribution in [1.82, 2.24) is 19.1 Å². The minimum Gasteiger partial charge on any atom is -0.497 e. The summed E-state index contributed by atoms with van der Waals surface area (Å²) in [6, 6.07) is 10.8. The first-order chi connectivity index (χ1) is 16.0. The average Bonchev–Trinajstić information content (AvgIpc) is 3.44. The molecule has 4 heterocycles. The number of carbonyl (C=O) groups is 1. The van der Waals surface area contributed by atoms with E-state index in [-0.39, 0.29) is 11.5 Å². The first-order valence-electron chi connectivity index (χ1n) is 11.2. The van der Waals surface area contributed by atoms with Crippen LogP contribution in [-0.2, 0) is 4.79 Å². The van der Waals surface area contributed by atoms with E-state index >= 15 is 0 Å². The minimum absolute atomic E-state index is 0.0690. The highest BCUT2D eigenvalue weighted by molar-refractivity contribution is 5.83. The van der Waals surface area contributed by atoms with Gasteiger partial charge in [-0.25, -0.2) is 4.68 Å². The number of aromatic nitrogens is 3. The maximum absolute atomic E-state index is 13.4.